The van der Waals surface area contributed by atoms with Crippen LogP contribution in [0.2, 0.25) is 0 Å². The molecule has 1 aromatic rings. The molecular formula is C14H25N3O2S. The fourth-order valence-electron chi connectivity index (χ4n) is 2.48. The fourth-order valence-corrected chi connectivity index (χ4v) is 3.13. The molecule has 0 saturated heterocycles. The molecule has 0 spiro atoms. The molecule has 20 heavy (non-hydrogen) atoms. The van der Waals surface area contributed by atoms with Crippen molar-refractivity contribution in [3.05, 3.63) is 17.0 Å². The third-order valence-corrected chi connectivity index (χ3v) is 4.83. The highest BCUT2D eigenvalue weighted by atomic mass is 32.2. The molecule has 0 bridgehead atoms. The molecule has 1 N–H and O–H groups in total. The minimum atomic E-state index is -2.88. The van der Waals surface area contributed by atoms with Crippen molar-refractivity contribution in [2.45, 2.75) is 52.1 Å². The molecule has 0 radical (unpaired) electrons. The molecule has 5 nitrogen and oxygen atoms in total. The number of hydrogen-bond acceptors (Lipinski definition) is 4. The summed E-state index contributed by atoms with van der Waals surface area (Å²) in [6.07, 6.45) is 5.52. The largest absolute Gasteiger partial charge is 0.314 e. The van der Waals surface area contributed by atoms with E-state index in [1.54, 1.807) is 0 Å². The van der Waals surface area contributed by atoms with Crippen molar-refractivity contribution in [2.24, 2.45) is 0 Å². The number of nitrogens with zero attached hydrogens (tertiary/aromatic N) is 2. The molecule has 0 unspecified atom stereocenters. The van der Waals surface area contributed by atoms with E-state index < -0.39 is 9.84 Å². The fraction of sp³-hybridized carbons (Fsp3) is 0.786. The summed E-state index contributed by atoms with van der Waals surface area (Å²) in [5, 5.41) is 8.05. The average Bonchev–Trinajstić information content (AvgIpc) is 3.10. The minimum Gasteiger partial charge on any atom is -0.314 e. The third kappa shape index (κ3) is 4.59. The van der Waals surface area contributed by atoms with Gasteiger partial charge >= 0.3 is 0 Å². The number of aromatic nitrogens is 2. The van der Waals surface area contributed by atoms with Gasteiger partial charge in [0.05, 0.1) is 11.4 Å². The zero-order chi connectivity index (χ0) is 14.8. The van der Waals surface area contributed by atoms with Crippen molar-refractivity contribution in [1.29, 1.82) is 0 Å². The van der Waals surface area contributed by atoms with E-state index in [4.69, 9.17) is 0 Å². The van der Waals surface area contributed by atoms with Gasteiger partial charge in [0.25, 0.3) is 0 Å². The molecule has 0 aromatic carbocycles. The maximum Gasteiger partial charge on any atom is 0.147 e. The highest BCUT2D eigenvalue weighted by molar-refractivity contribution is 7.90. The number of rotatable bonds is 8. The first kappa shape index (κ1) is 15.5. The molecule has 0 atom stereocenters. The van der Waals surface area contributed by atoms with Crippen molar-refractivity contribution < 1.29 is 8.42 Å². The molecular weight excluding hydrogens is 274 g/mol. The molecule has 1 aliphatic rings. The van der Waals surface area contributed by atoms with E-state index in [0.717, 1.165) is 24.7 Å². The second-order valence-corrected chi connectivity index (χ2v) is 8.09. The predicted molar refractivity (Wildman–Crippen MR) is 80.8 cm³/mol. The lowest BCUT2D eigenvalue weighted by molar-refractivity contribution is 0.566. The van der Waals surface area contributed by atoms with Gasteiger partial charge < -0.3 is 5.32 Å². The van der Waals surface area contributed by atoms with E-state index in [2.05, 4.69) is 17.3 Å². The first-order valence-corrected chi connectivity index (χ1v) is 9.37. The van der Waals surface area contributed by atoms with Gasteiger partial charge in [-0.2, -0.15) is 5.10 Å². The monoisotopic (exact) mass is 299 g/mol. The lowest BCUT2D eigenvalue weighted by Crippen LogP contribution is -2.19. The van der Waals surface area contributed by atoms with Gasteiger partial charge in [0.15, 0.2) is 0 Å². The van der Waals surface area contributed by atoms with Crippen molar-refractivity contribution in [1.82, 2.24) is 15.1 Å². The topological polar surface area (TPSA) is 64.0 Å². The predicted octanol–water partition coefficient (Wildman–Crippen LogP) is 1.23. The maximum absolute atomic E-state index is 11.2. The number of nitrogens with one attached hydrogen (secondary N) is 1. The van der Waals surface area contributed by atoms with Gasteiger partial charge in [-0.3, -0.25) is 4.68 Å². The van der Waals surface area contributed by atoms with Crippen LogP contribution < -0.4 is 5.32 Å². The molecule has 1 aliphatic carbocycles. The maximum atomic E-state index is 11.2. The minimum absolute atomic E-state index is 0.226. The van der Waals surface area contributed by atoms with E-state index in [-0.39, 0.29) is 5.75 Å². The van der Waals surface area contributed by atoms with E-state index in [9.17, 15) is 8.42 Å². The summed E-state index contributed by atoms with van der Waals surface area (Å²) in [5.41, 5.74) is 3.55. The Morgan fingerprint density at radius 1 is 1.35 bits per heavy atom. The normalized spacial score (nSPS) is 15.8. The number of sulfone groups is 1. The van der Waals surface area contributed by atoms with Crippen LogP contribution in [0.3, 0.4) is 0 Å². The zero-order valence-electron chi connectivity index (χ0n) is 12.6. The lowest BCUT2D eigenvalue weighted by Gasteiger charge is -2.06. The van der Waals surface area contributed by atoms with Crippen LogP contribution in [0.15, 0.2) is 0 Å². The van der Waals surface area contributed by atoms with Gasteiger partial charge in [-0.05, 0) is 51.6 Å². The second-order valence-electron chi connectivity index (χ2n) is 5.83. The molecule has 0 aliphatic heterocycles. The molecule has 1 fully saturated rings. The molecule has 1 aromatic heterocycles. The van der Waals surface area contributed by atoms with Crippen molar-refractivity contribution in [2.75, 3.05) is 18.6 Å². The summed E-state index contributed by atoms with van der Waals surface area (Å²) in [7, 11) is -2.88. The van der Waals surface area contributed by atoms with Gasteiger partial charge in [-0.1, -0.05) is 0 Å². The summed E-state index contributed by atoms with van der Waals surface area (Å²) in [5.74, 6) is 0.226. The van der Waals surface area contributed by atoms with Crippen molar-refractivity contribution in [3.63, 3.8) is 0 Å². The molecule has 114 valence electrons. The summed E-state index contributed by atoms with van der Waals surface area (Å²) < 4.78 is 24.3. The highest BCUT2D eigenvalue weighted by Crippen LogP contribution is 2.19. The SMILES string of the molecule is Cc1nn(CCCS(C)(=O)=O)c(C)c1CCNC1CC1. The van der Waals surface area contributed by atoms with E-state index in [0.29, 0.717) is 13.0 Å². The highest BCUT2D eigenvalue weighted by Gasteiger charge is 2.20. The summed E-state index contributed by atoms with van der Waals surface area (Å²) in [6, 6.07) is 0.736. The molecule has 1 saturated carbocycles. The van der Waals surface area contributed by atoms with Crippen LogP contribution in [-0.4, -0.2) is 42.8 Å². The Balaban J connectivity index is 1.89. The summed E-state index contributed by atoms with van der Waals surface area (Å²) in [6.45, 7) is 5.79. The number of aryl methyl sites for hydroxylation is 2. The first-order valence-electron chi connectivity index (χ1n) is 7.31. The van der Waals surface area contributed by atoms with E-state index in [1.165, 1.54) is 30.4 Å². The quantitative estimate of drug-likeness (QED) is 0.784. The molecule has 6 heteroatoms. The van der Waals surface area contributed by atoms with Crippen molar-refractivity contribution in [3.8, 4) is 0 Å². The van der Waals surface area contributed by atoms with Crippen LogP contribution >= 0.6 is 0 Å². The van der Waals surface area contributed by atoms with Gasteiger partial charge in [-0.25, -0.2) is 8.42 Å². The second kappa shape index (κ2) is 6.26. The Hall–Kier alpha value is -0.880. The van der Waals surface area contributed by atoms with Crippen LogP contribution in [0.25, 0.3) is 0 Å². The van der Waals surface area contributed by atoms with Crippen LogP contribution in [0.1, 0.15) is 36.2 Å². The van der Waals surface area contributed by atoms with Crippen LogP contribution in [0, 0.1) is 13.8 Å². The Morgan fingerprint density at radius 2 is 2.05 bits per heavy atom. The van der Waals surface area contributed by atoms with Gasteiger partial charge in [0.1, 0.15) is 9.84 Å². The first-order chi connectivity index (χ1) is 9.37. The summed E-state index contributed by atoms with van der Waals surface area (Å²) >= 11 is 0. The molecule has 2 rings (SSSR count). The Labute approximate surface area is 121 Å². The number of hydrogen-bond donors (Lipinski definition) is 1. The third-order valence-electron chi connectivity index (χ3n) is 3.80. The molecule has 1 heterocycles. The van der Waals surface area contributed by atoms with Crippen LogP contribution in [0.4, 0.5) is 0 Å². The van der Waals surface area contributed by atoms with Gasteiger partial charge in [0, 0.05) is 24.5 Å². The zero-order valence-corrected chi connectivity index (χ0v) is 13.5. The Kier molecular flexibility index (Phi) is 4.86. The lowest BCUT2D eigenvalue weighted by atomic mass is 10.1. The van der Waals surface area contributed by atoms with E-state index in [1.807, 2.05) is 11.6 Å². The van der Waals surface area contributed by atoms with Crippen molar-refractivity contribution >= 4 is 9.84 Å². The molecule has 0 amide bonds. The Bertz CT molecular complexity index is 559. The van der Waals surface area contributed by atoms with Crippen LogP contribution in [0.5, 0.6) is 0 Å². The smallest absolute Gasteiger partial charge is 0.147 e. The average molecular weight is 299 g/mol. The van der Waals surface area contributed by atoms with Gasteiger partial charge in [0.2, 0.25) is 0 Å². The Morgan fingerprint density at radius 3 is 2.65 bits per heavy atom. The van der Waals surface area contributed by atoms with Gasteiger partial charge in [-0.15, -0.1) is 0 Å². The van der Waals surface area contributed by atoms with E-state index >= 15 is 0 Å². The van der Waals surface area contributed by atoms with Crippen LogP contribution in [-0.2, 0) is 22.8 Å². The summed E-state index contributed by atoms with van der Waals surface area (Å²) in [4.78, 5) is 0. The standard InChI is InChI=1S/C14H25N3O2S/c1-11-14(7-8-15-13-5-6-13)12(2)17(16-11)9-4-10-20(3,18)19/h13,15H,4-10H2,1-3H3.